The van der Waals surface area contributed by atoms with Crippen molar-refractivity contribution >= 4 is 5.91 Å². The maximum absolute atomic E-state index is 12.7. The molecule has 0 spiro atoms. The van der Waals surface area contributed by atoms with Crippen LogP contribution in [0, 0.1) is 5.92 Å². The van der Waals surface area contributed by atoms with Gasteiger partial charge in [-0.2, -0.15) is 5.10 Å². The zero-order valence-electron chi connectivity index (χ0n) is 12.9. The van der Waals surface area contributed by atoms with Crippen molar-refractivity contribution in [2.24, 2.45) is 13.0 Å². The van der Waals surface area contributed by atoms with E-state index in [2.05, 4.69) is 10.4 Å². The molecule has 1 N–H and O–H groups in total. The van der Waals surface area contributed by atoms with Crippen molar-refractivity contribution in [3.63, 3.8) is 0 Å². The number of carbonyl (C=O) groups is 1. The van der Waals surface area contributed by atoms with E-state index in [9.17, 15) is 4.79 Å². The summed E-state index contributed by atoms with van der Waals surface area (Å²) < 4.78 is 13.1. The van der Waals surface area contributed by atoms with Gasteiger partial charge in [-0.25, -0.2) is 0 Å². The Morgan fingerprint density at radius 3 is 3.09 bits per heavy atom. The lowest BCUT2D eigenvalue weighted by Gasteiger charge is -2.19. The van der Waals surface area contributed by atoms with Crippen molar-refractivity contribution in [3.05, 3.63) is 47.8 Å². The fourth-order valence-corrected chi connectivity index (χ4v) is 3.33. The highest BCUT2D eigenvalue weighted by Gasteiger charge is 2.37. The van der Waals surface area contributed by atoms with E-state index in [1.165, 1.54) is 0 Å². The minimum Gasteiger partial charge on any atom is -0.491 e. The molecule has 3 atom stereocenters. The predicted octanol–water partition coefficient (Wildman–Crippen LogP) is 1.75. The summed E-state index contributed by atoms with van der Waals surface area (Å²) in [5.41, 5.74) is 1.99. The molecule has 6 heteroatoms. The van der Waals surface area contributed by atoms with E-state index in [1.54, 1.807) is 10.9 Å². The Morgan fingerprint density at radius 1 is 1.39 bits per heavy atom. The lowest BCUT2D eigenvalue weighted by atomic mass is 9.95. The maximum Gasteiger partial charge on any atom is 0.226 e. The summed E-state index contributed by atoms with van der Waals surface area (Å²) in [5.74, 6) is 0.679. The molecule has 1 aromatic carbocycles. The van der Waals surface area contributed by atoms with E-state index in [1.807, 2.05) is 37.5 Å². The van der Waals surface area contributed by atoms with E-state index in [4.69, 9.17) is 9.47 Å². The van der Waals surface area contributed by atoms with Gasteiger partial charge in [-0.15, -0.1) is 0 Å². The molecule has 4 rings (SSSR count). The molecule has 2 aliphatic heterocycles. The standard InChI is InChI=1S/C17H19N3O3/c1-20-9-11(8-18-20)16-13(6-7-22-16)17(21)19-14-10-23-15-5-3-2-4-12(14)15/h2-5,8-9,13-14,16H,6-7,10H2,1H3,(H,19,21)/t13-,14-,16+/m0/s1. The molecule has 0 bridgehead atoms. The lowest BCUT2D eigenvalue weighted by molar-refractivity contribution is -0.127. The highest BCUT2D eigenvalue weighted by atomic mass is 16.5. The molecule has 3 heterocycles. The number of benzene rings is 1. The molecule has 2 aliphatic rings. The zero-order valence-corrected chi connectivity index (χ0v) is 12.9. The fraction of sp³-hybridized carbons (Fsp3) is 0.412. The van der Waals surface area contributed by atoms with Crippen LogP contribution < -0.4 is 10.1 Å². The second kappa shape index (κ2) is 5.70. The summed E-state index contributed by atoms with van der Waals surface area (Å²) in [6.07, 6.45) is 4.18. The molecular weight excluding hydrogens is 294 g/mol. The number of nitrogens with zero attached hydrogens (tertiary/aromatic N) is 2. The Kier molecular flexibility index (Phi) is 3.53. The van der Waals surface area contributed by atoms with Gasteiger partial charge < -0.3 is 14.8 Å². The molecule has 0 unspecified atom stereocenters. The van der Waals surface area contributed by atoms with Gasteiger partial charge >= 0.3 is 0 Å². The van der Waals surface area contributed by atoms with Gasteiger partial charge in [0, 0.05) is 31.0 Å². The Hall–Kier alpha value is -2.34. The summed E-state index contributed by atoms with van der Waals surface area (Å²) in [6.45, 7) is 1.08. The molecule has 23 heavy (non-hydrogen) atoms. The van der Waals surface area contributed by atoms with Crippen LogP contribution in [0.2, 0.25) is 0 Å². The number of carbonyl (C=O) groups excluding carboxylic acids is 1. The minimum atomic E-state index is -0.221. The van der Waals surface area contributed by atoms with E-state index in [0.29, 0.717) is 13.2 Å². The number of aryl methyl sites for hydroxylation is 1. The average molecular weight is 313 g/mol. The molecule has 1 amide bonds. The molecular formula is C17H19N3O3. The highest BCUT2D eigenvalue weighted by molar-refractivity contribution is 5.80. The van der Waals surface area contributed by atoms with Gasteiger partial charge in [0.05, 0.1) is 24.3 Å². The normalized spacial score (nSPS) is 25.9. The number of ether oxygens (including phenoxy) is 2. The third-order valence-corrected chi connectivity index (χ3v) is 4.50. The van der Waals surface area contributed by atoms with Gasteiger partial charge in [-0.05, 0) is 12.5 Å². The van der Waals surface area contributed by atoms with E-state index < -0.39 is 0 Å². The molecule has 0 aliphatic carbocycles. The minimum absolute atomic E-state index is 0.0154. The largest absolute Gasteiger partial charge is 0.491 e. The van der Waals surface area contributed by atoms with Gasteiger partial charge in [0.15, 0.2) is 0 Å². The third kappa shape index (κ3) is 2.59. The zero-order chi connectivity index (χ0) is 15.8. The van der Waals surface area contributed by atoms with Crippen molar-refractivity contribution < 1.29 is 14.3 Å². The summed E-state index contributed by atoms with van der Waals surface area (Å²) in [4.78, 5) is 12.7. The van der Waals surface area contributed by atoms with Crippen LogP contribution in [0.15, 0.2) is 36.7 Å². The maximum atomic E-state index is 12.7. The van der Waals surface area contributed by atoms with Crippen LogP contribution in [0.5, 0.6) is 5.75 Å². The van der Waals surface area contributed by atoms with Gasteiger partial charge in [0.1, 0.15) is 12.4 Å². The number of nitrogens with one attached hydrogen (secondary N) is 1. The van der Waals surface area contributed by atoms with Crippen molar-refractivity contribution in [3.8, 4) is 5.75 Å². The molecule has 0 saturated carbocycles. The van der Waals surface area contributed by atoms with E-state index in [-0.39, 0.29) is 24.0 Å². The number of rotatable bonds is 3. The molecule has 120 valence electrons. The molecule has 1 saturated heterocycles. The van der Waals surface area contributed by atoms with Gasteiger partial charge in [-0.3, -0.25) is 9.48 Å². The van der Waals surface area contributed by atoms with E-state index in [0.717, 1.165) is 23.3 Å². The van der Waals surface area contributed by atoms with Crippen molar-refractivity contribution in [1.82, 2.24) is 15.1 Å². The van der Waals surface area contributed by atoms with Crippen molar-refractivity contribution in [2.45, 2.75) is 18.6 Å². The van der Waals surface area contributed by atoms with Crippen LogP contribution in [-0.2, 0) is 16.6 Å². The second-order valence-corrected chi connectivity index (χ2v) is 6.04. The molecule has 0 radical (unpaired) electrons. The second-order valence-electron chi connectivity index (χ2n) is 6.04. The fourth-order valence-electron chi connectivity index (χ4n) is 3.33. The first kappa shape index (κ1) is 14.3. The van der Waals surface area contributed by atoms with Gasteiger partial charge in [0.25, 0.3) is 0 Å². The first-order valence-corrected chi connectivity index (χ1v) is 7.84. The monoisotopic (exact) mass is 313 g/mol. The SMILES string of the molecule is Cn1cc([C@H]2OCC[C@@H]2C(=O)N[C@H]2COc3ccccc32)cn1. The smallest absolute Gasteiger partial charge is 0.226 e. The number of hydrogen-bond acceptors (Lipinski definition) is 4. The lowest BCUT2D eigenvalue weighted by Crippen LogP contribution is -2.35. The summed E-state index contributed by atoms with van der Waals surface area (Å²) in [6, 6.07) is 7.74. The van der Waals surface area contributed by atoms with Crippen LogP contribution >= 0.6 is 0 Å². The van der Waals surface area contributed by atoms with Crippen molar-refractivity contribution in [1.29, 1.82) is 0 Å². The van der Waals surface area contributed by atoms with Crippen LogP contribution in [-0.4, -0.2) is 28.9 Å². The molecule has 1 aromatic heterocycles. The highest BCUT2D eigenvalue weighted by Crippen LogP contribution is 2.36. The van der Waals surface area contributed by atoms with Crippen LogP contribution in [0.1, 0.15) is 29.7 Å². The first-order chi connectivity index (χ1) is 11.2. The Labute approximate surface area is 134 Å². The van der Waals surface area contributed by atoms with Crippen molar-refractivity contribution in [2.75, 3.05) is 13.2 Å². The topological polar surface area (TPSA) is 65.4 Å². The molecule has 1 fully saturated rings. The summed E-state index contributed by atoms with van der Waals surface area (Å²) in [5, 5.41) is 7.29. The Balaban J connectivity index is 1.49. The first-order valence-electron chi connectivity index (χ1n) is 7.84. The Morgan fingerprint density at radius 2 is 2.26 bits per heavy atom. The van der Waals surface area contributed by atoms with E-state index >= 15 is 0 Å². The third-order valence-electron chi connectivity index (χ3n) is 4.50. The van der Waals surface area contributed by atoms with Crippen LogP contribution in [0.3, 0.4) is 0 Å². The number of hydrogen-bond donors (Lipinski definition) is 1. The number of aromatic nitrogens is 2. The van der Waals surface area contributed by atoms with Crippen LogP contribution in [0.25, 0.3) is 0 Å². The van der Waals surface area contributed by atoms with Gasteiger partial charge in [0.2, 0.25) is 5.91 Å². The Bertz CT molecular complexity index is 727. The molecule has 2 aromatic rings. The van der Waals surface area contributed by atoms with Gasteiger partial charge in [-0.1, -0.05) is 18.2 Å². The summed E-state index contributed by atoms with van der Waals surface area (Å²) >= 11 is 0. The molecule has 6 nitrogen and oxygen atoms in total. The summed E-state index contributed by atoms with van der Waals surface area (Å²) in [7, 11) is 1.86. The number of para-hydroxylation sites is 1. The average Bonchev–Trinajstić information content (AvgIpc) is 3.26. The quantitative estimate of drug-likeness (QED) is 0.937. The number of fused-ring (bicyclic) bond motifs is 1. The number of amides is 1. The predicted molar refractivity (Wildman–Crippen MR) is 82.8 cm³/mol. The van der Waals surface area contributed by atoms with Crippen LogP contribution in [0.4, 0.5) is 0 Å².